The van der Waals surface area contributed by atoms with Crippen molar-refractivity contribution in [1.82, 2.24) is 15.3 Å². The first-order valence-electron chi connectivity index (χ1n) is 13.7. The maximum atomic E-state index is 12.5. The molecule has 2 aromatic rings. The molecule has 0 spiro atoms. The fourth-order valence-corrected chi connectivity index (χ4v) is 8.05. The van der Waals surface area contributed by atoms with Gasteiger partial charge in [-0.25, -0.2) is 5.48 Å². The molecule has 1 aromatic heterocycles. The van der Waals surface area contributed by atoms with Gasteiger partial charge in [-0.2, -0.15) is 5.10 Å². The highest BCUT2D eigenvalue weighted by Gasteiger charge is 2.50. The number of benzene rings is 1. The molecule has 4 saturated carbocycles. The SMILES string of the molecule is CCOC(=O)C1CCc2c(CONCC34CC5CC(CC(C5)C3)C4)nn(Cc3ccccc3)c2C1. The average Bonchev–Trinajstić information content (AvgIpc) is 3.18. The van der Waals surface area contributed by atoms with Crippen LogP contribution in [-0.2, 0) is 40.4 Å². The topological polar surface area (TPSA) is 65.4 Å². The van der Waals surface area contributed by atoms with Crippen LogP contribution < -0.4 is 5.48 Å². The lowest BCUT2D eigenvalue weighted by atomic mass is 9.49. The molecule has 0 amide bonds. The second-order valence-electron chi connectivity index (χ2n) is 11.7. The third kappa shape index (κ3) is 4.79. The molecule has 1 heterocycles. The summed E-state index contributed by atoms with van der Waals surface area (Å²) in [5.41, 5.74) is 8.48. The van der Waals surface area contributed by atoms with Gasteiger partial charge in [0.25, 0.3) is 0 Å². The molecule has 4 bridgehead atoms. The summed E-state index contributed by atoms with van der Waals surface area (Å²) >= 11 is 0. The highest BCUT2D eigenvalue weighted by atomic mass is 16.6. The number of nitrogens with one attached hydrogen (secondary N) is 1. The summed E-state index contributed by atoms with van der Waals surface area (Å²) in [6, 6.07) is 10.4. The summed E-state index contributed by atoms with van der Waals surface area (Å²) in [4.78, 5) is 18.6. The van der Waals surface area contributed by atoms with Gasteiger partial charge in [-0.15, -0.1) is 0 Å². The first-order chi connectivity index (χ1) is 17.1. The number of hydrogen-bond acceptors (Lipinski definition) is 5. The van der Waals surface area contributed by atoms with Crippen LogP contribution in [0.4, 0.5) is 0 Å². The van der Waals surface area contributed by atoms with Crippen molar-refractivity contribution in [3.05, 3.63) is 52.8 Å². The Bertz CT molecular complexity index is 1010. The fraction of sp³-hybridized carbons (Fsp3) is 0.655. The normalized spacial score (nSPS) is 30.9. The van der Waals surface area contributed by atoms with Crippen LogP contribution in [0.25, 0.3) is 0 Å². The minimum absolute atomic E-state index is 0.0827. The maximum Gasteiger partial charge on any atom is 0.309 e. The van der Waals surface area contributed by atoms with Crippen molar-refractivity contribution >= 4 is 5.97 Å². The predicted molar refractivity (Wildman–Crippen MR) is 133 cm³/mol. The molecule has 1 aromatic carbocycles. The number of hydrogen-bond donors (Lipinski definition) is 1. The van der Waals surface area contributed by atoms with Gasteiger partial charge in [0, 0.05) is 18.7 Å². The van der Waals surface area contributed by atoms with Crippen LogP contribution in [0.3, 0.4) is 0 Å². The van der Waals surface area contributed by atoms with Gasteiger partial charge in [-0.3, -0.25) is 14.3 Å². The molecule has 5 aliphatic carbocycles. The lowest BCUT2D eigenvalue weighted by Crippen LogP contribution is -2.50. The van der Waals surface area contributed by atoms with E-state index < -0.39 is 0 Å². The molecule has 5 aliphatic rings. The van der Waals surface area contributed by atoms with E-state index in [4.69, 9.17) is 14.7 Å². The number of ether oxygens (including phenoxy) is 1. The van der Waals surface area contributed by atoms with E-state index >= 15 is 0 Å². The van der Waals surface area contributed by atoms with Crippen molar-refractivity contribution in [1.29, 1.82) is 0 Å². The van der Waals surface area contributed by atoms with Crippen LogP contribution in [0.15, 0.2) is 30.3 Å². The third-order valence-electron chi connectivity index (χ3n) is 9.15. The van der Waals surface area contributed by atoms with Crippen LogP contribution in [-0.4, -0.2) is 28.9 Å². The largest absolute Gasteiger partial charge is 0.466 e. The lowest BCUT2D eigenvalue weighted by Gasteiger charge is -2.56. The second kappa shape index (κ2) is 9.70. The molecule has 4 fully saturated rings. The zero-order chi connectivity index (χ0) is 23.8. The summed E-state index contributed by atoms with van der Waals surface area (Å²) in [5.74, 6) is 2.69. The number of carbonyl (C=O) groups is 1. The molecule has 1 unspecified atom stereocenters. The van der Waals surface area contributed by atoms with Crippen LogP contribution in [0.5, 0.6) is 0 Å². The molecule has 6 heteroatoms. The van der Waals surface area contributed by atoms with Crippen LogP contribution >= 0.6 is 0 Å². The molecule has 188 valence electrons. The van der Waals surface area contributed by atoms with Crippen LogP contribution in [0.1, 0.15) is 74.4 Å². The zero-order valence-corrected chi connectivity index (χ0v) is 21.0. The first kappa shape index (κ1) is 23.2. The van der Waals surface area contributed by atoms with Crippen molar-refractivity contribution in [2.45, 2.75) is 77.9 Å². The molecule has 0 aliphatic heterocycles. The predicted octanol–water partition coefficient (Wildman–Crippen LogP) is 4.84. The van der Waals surface area contributed by atoms with E-state index in [1.54, 1.807) is 0 Å². The van der Waals surface area contributed by atoms with Crippen molar-refractivity contribution in [2.24, 2.45) is 29.1 Å². The Kier molecular flexibility index (Phi) is 6.44. The van der Waals surface area contributed by atoms with E-state index in [-0.39, 0.29) is 11.9 Å². The van der Waals surface area contributed by atoms with E-state index in [1.807, 2.05) is 13.0 Å². The zero-order valence-electron chi connectivity index (χ0n) is 21.0. The van der Waals surface area contributed by atoms with Gasteiger partial charge in [0.15, 0.2) is 0 Å². The average molecular weight is 478 g/mol. The van der Waals surface area contributed by atoms with E-state index in [0.29, 0.717) is 31.6 Å². The Morgan fingerprint density at radius 1 is 1.11 bits per heavy atom. The third-order valence-corrected chi connectivity index (χ3v) is 9.15. The van der Waals surface area contributed by atoms with Crippen LogP contribution in [0, 0.1) is 29.1 Å². The molecule has 1 N–H and O–H groups in total. The number of aromatic nitrogens is 2. The molecule has 7 rings (SSSR count). The summed E-state index contributed by atoms with van der Waals surface area (Å²) in [6.45, 7) is 4.45. The van der Waals surface area contributed by atoms with Crippen LogP contribution in [0.2, 0.25) is 0 Å². The molecule has 35 heavy (non-hydrogen) atoms. The van der Waals surface area contributed by atoms with E-state index in [1.165, 1.54) is 49.7 Å². The number of carbonyl (C=O) groups excluding carboxylic acids is 1. The number of nitrogens with zero attached hydrogens (tertiary/aromatic N) is 2. The number of fused-ring (bicyclic) bond motifs is 1. The second-order valence-corrected chi connectivity index (χ2v) is 11.7. The summed E-state index contributed by atoms with van der Waals surface area (Å²) in [7, 11) is 0. The Balaban J connectivity index is 1.13. The standard InChI is InChI=1S/C29H39N3O3/c1-2-34-28(33)24-8-9-25-26(31-32(27(25)13-24)17-20-6-4-3-5-7-20)18-35-30-19-29-14-21-10-22(15-29)12-23(11-21)16-29/h3-7,21-24,30H,2,8-19H2,1H3. The Labute approximate surface area is 208 Å². The monoisotopic (exact) mass is 477 g/mol. The molecular weight excluding hydrogens is 438 g/mol. The van der Waals surface area contributed by atoms with Crippen molar-refractivity contribution in [3.63, 3.8) is 0 Å². The lowest BCUT2D eigenvalue weighted by molar-refractivity contribution is -0.148. The highest BCUT2D eigenvalue weighted by molar-refractivity contribution is 5.73. The Morgan fingerprint density at radius 2 is 1.83 bits per heavy atom. The Morgan fingerprint density at radius 3 is 2.51 bits per heavy atom. The van der Waals surface area contributed by atoms with Gasteiger partial charge in [0.1, 0.15) is 6.61 Å². The molecule has 0 radical (unpaired) electrons. The van der Waals surface area contributed by atoms with E-state index in [0.717, 1.165) is 48.5 Å². The first-order valence-corrected chi connectivity index (χ1v) is 13.7. The van der Waals surface area contributed by atoms with Gasteiger partial charge in [-0.1, -0.05) is 30.3 Å². The molecule has 6 nitrogen and oxygen atoms in total. The van der Waals surface area contributed by atoms with Crippen molar-refractivity contribution in [2.75, 3.05) is 13.2 Å². The summed E-state index contributed by atoms with van der Waals surface area (Å²) in [6.07, 6.45) is 10.9. The minimum Gasteiger partial charge on any atom is -0.466 e. The van der Waals surface area contributed by atoms with E-state index in [2.05, 4.69) is 34.4 Å². The van der Waals surface area contributed by atoms with Gasteiger partial charge >= 0.3 is 5.97 Å². The maximum absolute atomic E-state index is 12.5. The molecule has 0 saturated heterocycles. The van der Waals surface area contributed by atoms with Gasteiger partial charge < -0.3 is 4.74 Å². The smallest absolute Gasteiger partial charge is 0.309 e. The molecular formula is C29H39N3O3. The number of rotatable bonds is 9. The van der Waals surface area contributed by atoms with Gasteiger partial charge in [0.2, 0.25) is 0 Å². The molecule has 1 atom stereocenters. The van der Waals surface area contributed by atoms with Gasteiger partial charge in [0.05, 0.1) is 24.8 Å². The highest BCUT2D eigenvalue weighted by Crippen LogP contribution is 2.59. The van der Waals surface area contributed by atoms with Crippen molar-refractivity contribution in [3.8, 4) is 0 Å². The summed E-state index contributed by atoms with van der Waals surface area (Å²) < 4.78 is 7.43. The fourth-order valence-electron chi connectivity index (χ4n) is 8.05. The van der Waals surface area contributed by atoms with Crippen molar-refractivity contribution < 1.29 is 14.4 Å². The quantitative estimate of drug-likeness (QED) is 0.318. The summed E-state index contributed by atoms with van der Waals surface area (Å²) in [5, 5.41) is 4.99. The number of hydroxylamine groups is 1. The van der Waals surface area contributed by atoms with E-state index in [9.17, 15) is 4.79 Å². The Hall–Kier alpha value is -2.18. The van der Waals surface area contributed by atoms with Gasteiger partial charge in [-0.05, 0) is 92.6 Å². The number of esters is 1. The minimum atomic E-state index is -0.0864.